The summed E-state index contributed by atoms with van der Waals surface area (Å²) in [6, 6.07) is 41.2. The summed E-state index contributed by atoms with van der Waals surface area (Å²) in [6.45, 7) is 8.60. The van der Waals surface area contributed by atoms with E-state index in [0.717, 1.165) is 28.4 Å². The van der Waals surface area contributed by atoms with Gasteiger partial charge in [-0.25, -0.2) is 0 Å². The Bertz CT molecular complexity index is 1470. The Morgan fingerprint density at radius 2 is 1.03 bits per heavy atom. The monoisotopic (exact) mass is 468 g/mol. The lowest BCUT2D eigenvalue weighted by Gasteiger charge is -2.27. The average molecular weight is 469 g/mol. The summed E-state index contributed by atoms with van der Waals surface area (Å²) >= 11 is 0. The minimum Gasteiger partial charge on any atom is -0.355 e. The largest absolute Gasteiger partial charge is 0.355 e. The first kappa shape index (κ1) is 23.4. The molecule has 0 saturated carbocycles. The molecule has 0 bridgehead atoms. The topological polar surface area (TPSA) is 15.3 Å². The minimum atomic E-state index is 1.05. The Labute approximate surface area is 214 Å². The molecule has 0 spiro atoms. The highest BCUT2D eigenvalue weighted by Gasteiger charge is 2.14. The third-order valence-electron chi connectivity index (χ3n) is 6.48. The highest BCUT2D eigenvalue weighted by molar-refractivity contribution is 5.85. The molecule has 0 atom stereocenters. The van der Waals surface area contributed by atoms with E-state index in [4.69, 9.17) is 0 Å². The van der Waals surface area contributed by atoms with Crippen molar-refractivity contribution in [2.45, 2.75) is 27.7 Å². The Morgan fingerprint density at radius 1 is 0.500 bits per heavy atom. The predicted molar refractivity (Wildman–Crippen MR) is 155 cm³/mol. The van der Waals surface area contributed by atoms with E-state index in [2.05, 4.69) is 153 Å². The van der Waals surface area contributed by atoms with Crippen LogP contribution in [0.1, 0.15) is 22.3 Å². The van der Waals surface area contributed by atoms with E-state index in [0.29, 0.717) is 0 Å². The number of hydrogen-bond donors (Lipinski definition) is 1. The maximum atomic E-state index is 3.73. The summed E-state index contributed by atoms with van der Waals surface area (Å²) in [4.78, 5) is 2.32. The van der Waals surface area contributed by atoms with Crippen LogP contribution in [0.4, 0.5) is 28.4 Å². The molecule has 0 aliphatic carbocycles. The Hall–Kier alpha value is -4.30. The molecule has 178 valence electrons. The van der Waals surface area contributed by atoms with Crippen molar-refractivity contribution < 1.29 is 0 Å². The van der Waals surface area contributed by atoms with Crippen molar-refractivity contribution in [3.8, 4) is 11.1 Å². The van der Waals surface area contributed by atoms with Crippen LogP contribution in [0.25, 0.3) is 11.1 Å². The Kier molecular flexibility index (Phi) is 6.60. The summed E-state index contributed by atoms with van der Waals surface area (Å²) in [5.41, 5.74) is 13.0. The van der Waals surface area contributed by atoms with E-state index >= 15 is 0 Å². The first-order valence-corrected chi connectivity index (χ1v) is 12.5. The van der Waals surface area contributed by atoms with Crippen LogP contribution in [0.15, 0.2) is 115 Å². The molecule has 0 unspecified atom stereocenters. The standard InChI is InChI=1S/C34H32N2/c1-24-10-5-14-28(20-24)34-27(4)13-8-19-33(34)35-29-15-9-18-32(23-29)36(30-16-6-11-25(2)21-30)31-17-7-12-26(3)22-31/h5-23,35H,1-4H3. The van der Waals surface area contributed by atoms with Gasteiger partial charge in [0.2, 0.25) is 0 Å². The fourth-order valence-corrected chi connectivity index (χ4v) is 4.82. The zero-order valence-electron chi connectivity index (χ0n) is 21.4. The highest BCUT2D eigenvalue weighted by atomic mass is 15.1. The fourth-order valence-electron chi connectivity index (χ4n) is 4.82. The molecule has 0 radical (unpaired) electrons. The molecule has 1 N–H and O–H groups in total. The van der Waals surface area contributed by atoms with Gasteiger partial charge in [-0.2, -0.15) is 0 Å². The number of nitrogens with zero attached hydrogens (tertiary/aromatic N) is 1. The van der Waals surface area contributed by atoms with E-state index in [1.807, 2.05) is 0 Å². The van der Waals surface area contributed by atoms with Gasteiger partial charge in [-0.3, -0.25) is 0 Å². The molecule has 36 heavy (non-hydrogen) atoms. The van der Waals surface area contributed by atoms with Gasteiger partial charge >= 0.3 is 0 Å². The van der Waals surface area contributed by atoms with Crippen molar-refractivity contribution in [1.82, 2.24) is 0 Å². The quantitative estimate of drug-likeness (QED) is 0.267. The first-order chi connectivity index (χ1) is 17.5. The lowest BCUT2D eigenvalue weighted by molar-refractivity contribution is 1.26. The molecular formula is C34H32N2. The first-order valence-electron chi connectivity index (χ1n) is 12.5. The second-order valence-electron chi connectivity index (χ2n) is 9.56. The summed E-state index contributed by atoms with van der Waals surface area (Å²) in [6.07, 6.45) is 0. The SMILES string of the molecule is Cc1cccc(-c2c(C)cccc2Nc2cccc(N(c3cccc(C)c3)c3cccc(C)c3)c2)c1. The number of nitrogens with one attached hydrogen (secondary N) is 1. The summed E-state index contributed by atoms with van der Waals surface area (Å²) in [7, 11) is 0. The molecule has 0 aromatic heterocycles. The molecule has 5 rings (SSSR count). The molecule has 0 amide bonds. The molecule has 2 heteroatoms. The molecule has 5 aromatic carbocycles. The molecular weight excluding hydrogens is 436 g/mol. The van der Waals surface area contributed by atoms with Crippen LogP contribution in [0.2, 0.25) is 0 Å². The lowest BCUT2D eigenvalue weighted by atomic mass is 9.97. The van der Waals surface area contributed by atoms with Gasteiger partial charge in [0.25, 0.3) is 0 Å². The van der Waals surface area contributed by atoms with Gasteiger partial charge in [-0.15, -0.1) is 0 Å². The molecule has 2 nitrogen and oxygen atoms in total. The van der Waals surface area contributed by atoms with Crippen molar-refractivity contribution in [2.24, 2.45) is 0 Å². The molecule has 0 saturated heterocycles. The number of anilines is 5. The van der Waals surface area contributed by atoms with E-state index < -0.39 is 0 Å². The van der Waals surface area contributed by atoms with Crippen molar-refractivity contribution >= 4 is 28.4 Å². The van der Waals surface area contributed by atoms with E-state index in [9.17, 15) is 0 Å². The average Bonchev–Trinajstić information content (AvgIpc) is 2.85. The van der Waals surface area contributed by atoms with Crippen molar-refractivity contribution in [2.75, 3.05) is 10.2 Å². The zero-order chi connectivity index (χ0) is 25.1. The van der Waals surface area contributed by atoms with Gasteiger partial charge in [0, 0.05) is 34.0 Å². The summed E-state index contributed by atoms with van der Waals surface area (Å²) < 4.78 is 0. The maximum Gasteiger partial charge on any atom is 0.0482 e. The second-order valence-corrected chi connectivity index (χ2v) is 9.56. The van der Waals surface area contributed by atoms with Crippen molar-refractivity contribution in [1.29, 1.82) is 0 Å². The van der Waals surface area contributed by atoms with Crippen LogP contribution in [-0.2, 0) is 0 Å². The van der Waals surface area contributed by atoms with Crippen molar-refractivity contribution in [3.05, 3.63) is 138 Å². The molecule has 0 aliphatic heterocycles. The molecule has 5 aromatic rings. The van der Waals surface area contributed by atoms with Gasteiger partial charge in [-0.05, 0) is 98.5 Å². The fraction of sp³-hybridized carbons (Fsp3) is 0.118. The molecule has 0 heterocycles. The van der Waals surface area contributed by atoms with Crippen LogP contribution >= 0.6 is 0 Å². The van der Waals surface area contributed by atoms with Gasteiger partial charge in [0.05, 0.1) is 0 Å². The molecule has 0 fully saturated rings. The van der Waals surface area contributed by atoms with Gasteiger partial charge in [-0.1, -0.05) is 72.3 Å². The summed E-state index contributed by atoms with van der Waals surface area (Å²) in [5, 5.41) is 3.73. The maximum absolute atomic E-state index is 3.73. The van der Waals surface area contributed by atoms with Crippen LogP contribution in [0.5, 0.6) is 0 Å². The van der Waals surface area contributed by atoms with Crippen LogP contribution in [0, 0.1) is 27.7 Å². The Balaban J connectivity index is 1.57. The third kappa shape index (κ3) is 5.04. The number of benzene rings is 5. The van der Waals surface area contributed by atoms with Gasteiger partial charge in [0.15, 0.2) is 0 Å². The lowest BCUT2D eigenvalue weighted by Crippen LogP contribution is -2.10. The van der Waals surface area contributed by atoms with Crippen LogP contribution in [-0.4, -0.2) is 0 Å². The van der Waals surface area contributed by atoms with E-state index in [-0.39, 0.29) is 0 Å². The third-order valence-corrected chi connectivity index (χ3v) is 6.48. The highest BCUT2D eigenvalue weighted by Crippen LogP contribution is 2.38. The number of rotatable bonds is 6. The van der Waals surface area contributed by atoms with E-state index in [1.54, 1.807) is 0 Å². The van der Waals surface area contributed by atoms with Crippen LogP contribution < -0.4 is 10.2 Å². The zero-order valence-corrected chi connectivity index (χ0v) is 21.4. The van der Waals surface area contributed by atoms with Gasteiger partial charge < -0.3 is 10.2 Å². The smallest absolute Gasteiger partial charge is 0.0482 e. The number of hydrogen-bond acceptors (Lipinski definition) is 2. The van der Waals surface area contributed by atoms with Gasteiger partial charge in [0.1, 0.15) is 0 Å². The minimum absolute atomic E-state index is 1.05. The van der Waals surface area contributed by atoms with Crippen LogP contribution in [0.3, 0.4) is 0 Å². The van der Waals surface area contributed by atoms with E-state index in [1.165, 1.54) is 33.4 Å². The summed E-state index contributed by atoms with van der Waals surface area (Å²) in [5.74, 6) is 0. The normalized spacial score (nSPS) is 10.8. The predicted octanol–water partition coefficient (Wildman–Crippen LogP) is 9.80. The Morgan fingerprint density at radius 3 is 1.64 bits per heavy atom. The molecule has 0 aliphatic rings. The number of aryl methyl sites for hydroxylation is 4. The second kappa shape index (κ2) is 10.1. The van der Waals surface area contributed by atoms with Crippen molar-refractivity contribution in [3.63, 3.8) is 0 Å².